The molecule has 1 atom stereocenters. The zero-order valence-electron chi connectivity index (χ0n) is 54.1. The average molecular weight is 1120 g/mol. The van der Waals surface area contributed by atoms with Gasteiger partial charge in [-0.25, -0.2) is 0 Å². The smallest absolute Gasteiger partial charge is 0.306 e. The van der Waals surface area contributed by atoms with Gasteiger partial charge in [0.25, 0.3) is 0 Å². The van der Waals surface area contributed by atoms with E-state index >= 15 is 0 Å². The van der Waals surface area contributed by atoms with Crippen molar-refractivity contribution >= 4 is 17.9 Å². The third-order valence-electron chi connectivity index (χ3n) is 16.4. The molecule has 0 rings (SSSR count). The molecule has 0 aliphatic rings. The first-order valence-corrected chi connectivity index (χ1v) is 36.0. The second-order valence-electron chi connectivity index (χ2n) is 24.5. The van der Waals surface area contributed by atoms with Gasteiger partial charge in [-0.2, -0.15) is 0 Å². The lowest BCUT2D eigenvalue weighted by Crippen LogP contribution is -2.30. The number of allylic oxidation sites excluding steroid dienone is 6. The summed E-state index contributed by atoms with van der Waals surface area (Å²) in [6, 6.07) is 0. The maximum atomic E-state index is 12.9. The second-order valence-corrected chi connectivity index (χ2v) is 24.5. The van der Waals surface area contributed by atoms with E-state index in [-0.39, 0.29) is 31.1 Å². The minimum Gasteiger partial charge on any atom is -0.462 e. The van der Waals surface area contributed by atoms with Gasteiger partial charge in [0.15, 0.2) is 6.10 Å². The first-order chi connectivity index (χ1) is 39.5. The van der Waals surface area contributed by atoms with Crippen LogP contribution < -0.4 is 0 Å². The summed E-state index contributed by atoms with van der Waals surface area (Å²) in [5, 5.41) is 0. The molecule has 0 aromatic carbocycles. The van der Waals surface area contributed by atoms with E-state index in [2.05, 4.69) is 57.2 Å². The van der Waals surface area contributed by atoms with E-state index in [1.54, 1.807) is 0 Å². The largest absolute Gasteiger partial charge is 0.462 e. The number of esters is 3. The van der Waals surface area contributed by atoms with E-state index in [4.69, 9.17) is 14.2 Å². The van der Waals surface area contributed by atoms with Crippen LogP contribution in [0.1, 0.15) is 400 Å². The molecule has 0 amide bonds. The monoisotopic (exact) mass is 1120 g/mol. The van der Waals surface area contributed by atoms with E-state index in [0.29, 0.717) is 19.3 Å². The quantitative estimate of drug-likeness (QED) is 0.0261. The van der Waals surface area contributed by atoms with E-state index in [0.717, 1.165) is 96.3 Å². The lowest BCUT2D eigenvalue weighted by molar-refractivity contribution is -0.167. The van der Waals surface area contributed by atoms with Gasteiger partial charge < -0.3 is 14.2 Å². The molecule has 0 aromatic heterocycles. The maximum absolute atomic E-state index is 12.9. The van der Waals surface area contributed by atoms with Gasteiger partial charge in [0.2, 0.25) is 0 Å². The van der Waals surface area contributed by atoms with Crippen LogP contribution in [-0.2, 0) is 28.6 Å². The van der Waals surface area contributed by atoms with Crippen LogP contribution >= 0.6 is 0 Å². The van der Waals surface area contributed by atoms with Crippen molar-refractivity contribution in [3.8, 4) is 0 Å². The Labute approximate surface area is 499 Å². The zero-order valence-corrected chi connectivity index (χ0v) is 54.1. The number of ether oxygens (including phenoxy) is 3. The van der Waals surface area contributed by atoms with Crippen LogP contribution in [0.4, 0.5) is 0 Å². The van der Waals surface area contributed by atoms with Crippen LogP contribution in [0.3, 0.4) is 0 Å². The van der Waals surface area contributed by atoms with E-state index in [1.807, 2.05) is 0 Å². The van der Waals surface area contributed by atoms with Crippen molar-refractivity contribution in [3.05, 3.63) is 36.5 Å². The summed E-state index contributed by atoms with van der Waals surface area (Å²) in [5.74, 6) is -0.864. The molecule has 0 N–H and O–H groups in total. The molecule has 6 nitrogen and oxygen atoms in total. The minimum atomic E-state index is -0.778. The zero-order chi connectivity index (χ0) is 57.8. The molecule has 6 heteroatoms. The molecule has 0 saturated carbocycles. The molecule has 470 valence electrons. The predicted molar refractivity (Wildman–Crippen MR) is 349 cm³/mol. The summed E-state index contributed by atoms with van der Waals surface area (Å²) in [4.78, 5) is 38.3. The van der Waals surface area contributed by atoms with Crippen molar-refractivity contribution in [3.63, 3.8) is 0 Å². The molecule has 0 heterocycles. The first-order valence-electron chi connectivity index (χ1n) is 36.0. The first kappa shape index (κ1) is 77.6. The number of carbonyl (C=O) groups is 3. The summed E-state index contributed by atoms with van der Waals surface area (Å²) in [6.45, 7) is 6.59. The Kier molecular flexibility index (Phi) is 67.1. The number of hydrogen-bond acceptors (Lipinski definition) is 6. The number of unbranched alkanes of at least 4 members (excludes halogenated alkanes) is 50. The molecule has 80 heavy (non-hydrogen) atoms. The van der Waals surface area contributed by atoms with Crippen molar-refractivity contribution in [2.45, 2.75) is 406 Å². The summed E-state index contributed by atoms with van der Waals surface area (Å²) in [5.41, 5.74) is 0. The van der Waals surface area contributed by atoms with Crippen LogP contribution in [0.5, 0.6) is 0 Å². The Balaban J connectivity index is 4.08. The third-order valence-corrected chi connectivity index (χ3v) is 16.4. The highest BCUT2D eigenvalue weighted by Gasteiger charge is 2.19. The van der Waals surface area contributed by atoms with Gasteiger partial charge >= 0.3 is 17.9 Å². The van der Waals surface area contributed by atoms with Crippen LogP contribution in [0.2, 0.25) is 0 Å². The Hall–Kier alpha value is -2.37. The van der Waals surface area contributed by atoms with Gasteiger partial charge in [-0.15, -0.1) is 0 Å². The van der Waals surface area contributed by atoms with Gasteiger partial charge in [0.1, 0.15) is 13.2 Å². The summed E-state index contributed by atoms with van der Waals surface area (Å²) in [7, 11) is 0. The molecular weight excluding hydrogens is 985 g/mol. The minimum absolute atomic E-state index is 0.0738. The number of hydrogen-bond donors (Lipinski definition) is 0. The predicted octanol–water partition coefficient (Wildman–Crippen LogP) is 24.7. The molecule has 0 aliphatic heterocycles. The van der Waals surface area contributed by atoms with Crippen LogP contribution in [0.25, 0.3) is 0 Å². The molecule has 0 spiro atoms. The van der Waals surface area contributed by atoms with Crippen molar-refractivity contribution in [1.82, 2.24) is 0 Å². The van der Waals surface area contributed by atoms with Gasteiger partial charge in [0.05, 0.1) is 0 Å². The van der Waals surface area contributed by atoms with Gasteiger partial charge in [-0.05, 0) is 51.4 Å². The Morgan fingerprint density at radius 3 is 0.762 bits per heavy atom. The fourth-order valence-electron chi connectivity index (χ4n) is 11.1. The number of rotatable bonds is 67. The Morgan fingerprint density at radius 2 is 0.487 bits per heavy atom. The van der Waals surface area contributed by atoms with E-state index < -0.39 is 6.10 Å². The highest BCUT2D eigenvalue weighted by atomic mass is 16.6. The van der Waals surface area contributed by atoms with Crippen molar-refractivity contribution in [2.75, 3.05) is 13.2 Å². The van der Waals surface area contributed by atoms with Gasteiger partial charge in [0, 0.05) is 19.3 Å². The Bertz CT molecular complexity index is 1340. The third kappa shape index (κ3) is 66.4. The molecular formula is C74H138O6. The Morgan fingerprint density at radius 1 is 0.263 bits per heavy atom. The van der Waals surface area contributed by atoms with E-state index in [1.165, 1.54) is 263 Å². The van der Waals surface area contributed by atoms with Crippen LogP contribution in [-0.4, -0.2) is 37.2 Å². The van der Waals surface area contributed by atoms with Crippen molar-refractivity contribution < 1.29 is 28.6 Å². The second kappa shape index (κ2) is 69.1. The summed E-state index contributed by atoms with van der Waals surface area (Å²) in [6.07, 6.45) is 86.3. The summed E-state index contributed by atoms with van der Waals surface area (Å²) >= 11 is 0. The maximum Gasteiger partial charge on any atom is 0.306 e. The molecule has 1 unspecified atom stereocenters. The molecule has 0 saturated heterocycles. The van der Waals surface area contributed by atoms with Gasteiger partial charge in [-0.3, -0.25) is 14.4 Å². The van der Waals surface area contributed by atoms with E-state index in [9.17, 15) is 14.4 Å². The fourth-order valence-corrected chi connectivity index (χ4v) is 11.1. The van der Waals surface area contributed by atoms with Crippen LogP contribution in [0.15, 0.2) is 36.5 Å². The molecule has 0 radical (unpaired) electrons. The SMILES string of the molecule is CC/C=C\C/C=C\C/C=C\CCCCCCCC(=O)OC(COC(=O)CCCCCCCCCCCCCCCC)COC(=O)CCCCCCCCCCCCCCCCCCCCCCCCCCCCCCCCCCC. The van der Waals surface area contributed by atoms with Crippen LogP contribution in [0, 0.1) is 0 Å². The standard InChI is InChI=1S/C74H138O6/c1-4-7-10-13-16-19-22-25-28-29-30-31-32-33-34-35-36-37-38-39-40-41-42-43-44-45-47-49-52-55-58-61-64-67-73(76)79-70-71(69-78-72(75)66-63-60-57-54-51-48-27-24-21-18-15-12-9-6-3)80-74(77)68-65-62-59-56-53-50-46-26-23-20-17-14-11-8-5-2/h8,11,17,20,26,46,71H,4-7,9-10,12-16,18-19,21-25,27-45,47-70H2,1-3H3/b11-8-,20-17-,46-26-. The average Bonchev–Trinajstić information content (AvgIpc) is 3.46. The van der Waals surface area contributed by atoms with Crippen molar-refractivity contribution in [2.24, 2.45) is 0 Å². The topological polar surface area (TPSA) is 78.9 Å². The lowest BCUT2D eigenvalue weighted by atomic mass is 10.0. The van der Waals surface area contributed by atoms with Gasteiger partial charge in [-0.1, -0.05) is 365 Å². The molecule has 0 aliphatic carbocycles. The van der Waals surface area contributed by atoms with Crippen molar-refractivity contribution in [1.29, 1.82) is 0 Å². The highest BCUT2D eigenvalue weighted by Crippen LogP contribution is 2.19. The molecule has 0 fully saturated rings. The lowest BCUT2D eigenvalue weighted by Gasteiger charge is -2.18. The number of carbonyl (C=O) groups excluding carboxylic acids is 3. The highest BCUT2D eigenvalue weighted by molar-refractivity contribution is 5.71. The summed E-state index contributed by atoms with van der Waals surface area (Å²) < 4.78 is 17.0. The molecule has 0 aromatic rings. The fraction of sp³-hybridized carbons (Fsp3) is 0.878. The molecule has 0 bridgehead atoms. The normalized spacial score (nSPS) is 12.2.